The van der Waals surface area contributed by atoms with Gasteiger partial charge in [0.05, 0.1) is 12.7 Å². The molecular formula is C11H14O3. The van der Waals surface area contributed by atoms with E-state index in [2.05, 4.69) is 4.74 Å². The van der Waals surface area contributed by atoms with E-state index in [1.54, 1.807) is 26.8 Å². The quantitative estimate of drug-likeness (QED) is 0.696. The number of phenols is 1. The molecule has 0 aliphatic rings. The number of hydrogen-bond acceptors (Lipinski definition) is 3. The zero-order valence-corrected chi connectivity index (χ0v) is 8.84. The largest absolute Gasteiger partial charge is 0.508 e. The third-order valence-electron chi connectivity index (χ3n) is 2.46. The molecule has 1 rings (SSSR count). The number of carbonyl (C=O) groups is 1. The number of rotatable bonds is 1. The molecule has 14 heavy (non-hydrogen) atoms. The molecule has 3 heteroatoms. The van der Waals surface area contributed by atoms with Crippen LogP contribution in [0.2, 0.25) is 0 Å². The minimum atomic E-state index is -0.358. The summed E-state index contributed by atoms with van der Waals surface area (Å²) in [5, 5.41) is 9.51. The molecule has 3 nitrogen and oxygen atoms in total. The predicted octanol–water partition coefficient (Wildman–Crippen LogP) is 2.10. The minimum absolute atomic E-state index is 0.215. The van der Waals surface area contributed by atoms with Crippen LogP contribution in [0, 0.1) is 20.8 Å². The van der Waals surface area contributed by atoms with Crippen LogP contribution in [-0.4, -0.2) is 18.2 Å². The fraction of sp³-hybridized carbons (Fsp3) is 0.364. The molecule has 1 aromatic carbocycles. The van der Waals surface area contributed by atoms with E-state index in [1.807, 2.05) is 0 Å². The van der Waals surface area contributed by atoms with Crippen LogP contribution in [0.1, 0.15) is 27.0 Å². The SMILES string of the molecule is COC(=O)c1c(C)cc(O)c(C)c1C. The lowest BCUT2D eigenvalue weighted by atomic mass is 9.97. The van der Waals surface area contributed by atoms with Gasteiger partial charge in [-0.3, -0.25) is 0 Å². The number of methoxy groups -OCH3 is 1. The van der Waals surface area contributed by atoms with Crippen LogP contribution < -0.4 is 0 Å². The minimum Gasteiger partial charge on any atom is -0.508 e. The highest BCUT2D eigenvalue weighted by molar-refractivity contribution is 5.93. The monoisotopic (exact) mass is 194 g/mol. The van der Waals surface area contributed by atoms with Gasteiger partial charge in [-0.25, -0.2) is 4.79 Å². The predicted molar refractivity (Wildman–Crippen MR) is 53.7 cm³/mol. The van der Waals surface area contributed by atoms with Gasteiger partial charge in [0.2, 0.25) is 0 Å². The smallest absolute Gasteiger partial charge is 0.338 e. The summed E-state index contributed by atoms with van der Waals surface area (Å²) in [7, 11) is 1.35. The van der Waals surface area contributed by atoms with E-state index < -0.39 is 0 Å². The number of benzene rings is 1. The van der Waals surface area contributed by atoms with Gasteiger partial charge >= 0.3 is 5.97 Å². The van der Waals surface area contributed by atoms with Gasteiger partial charge in [-0.15, -0.1) is 0 Å². The number of carbonyl (C=O) groups excluding carboxylic acids is 1. The van der Waals surface area contributed by atoms with Gasteiger partial charge in [-0.1, -0.05) is 0 Å². The van der Waals surface area contributed by atoms with Crippen LogP contribution in [0.4, 0.5) is 0 Å². The standard InChI is InChI=1S/C11H14O3/c1-6-5-9(12)7(2)8(3)10(6)11(13)14-4/h5,12H,1-4H3. The lowest BCUT2D eigenvalue weighted by Crippen LogP contribution is -2.07. The van der Waals surface area contributed by atoms with Gasteiger partial charge < -0.3 is 9.84 Å². The summed E-state index contributed by atoms with van der Waals surface area (Å²) in [6, 6.07) is 1.58. The van der Waals surface area contributed by atoms with Crippen molar-refractivity contribution in [3.8, 4) is 5.75 Å². The van der Waals surface area contributed by atoms with Gasteiger partial charge in [0.15, 0.2) is 0 Å². The van der Waals surface area contributed by atoms with Gasteiger partial charge in [0, 0.05) is 0 Å². The van der Waals surface area contributed by atoms with Crippen molar-refractivity contribution in [2.24, 2.45) is 0 Å². The molecule has 0 unspecified atom stereocenters. The molecule has 0 aromatic heterocycles. The molecule has 0 fully saturated rings. The average molecular weight is 194 g/mol. The number of aryl methyl sites for hydroxylation is 1. The molecule has 76 valence electrons. The molecule has 0 saturated heterocycles. The van der Waals surface area contributed by atoms with E-state index in [4.69, 9.17) is 0 Å². The lowest BCUT2D eigenvalue weighted by Gasteiger charge is -2.11. The summed E-state index contributed by atoms with van der Waals surface area (Å²) in [4.78, 5) is 11.4. The van der Waals surface area contributed by atoms with Crippen LogP contribution >= 0.6 is 0 Å². The molecule has 0 spiro atoms. The molecule has 1 aromatic rings. The second-order valence-corrected chi connectivity index (χ2v) is 3.33. The van der Waals surface area contributed by atoms with Crippen LogP contribution in [0.15, 0.2) is 6.07 Å². The number of ether oxygens (including phenoxy) is 1. The van der Waals surface area contributed by atoms with Gasteiger partial charge in [0.1, 0.15) is 5.75 Å². The van der Waals surface area contributed by atoms with E-state index in [9.17, 15) is 9.90 Å². The van der Waals surface area contributed by atoms with Crippen LogP contribution in [0.5, 0.6) is 5.75 Å². The Morgan fingerprint density at radius 2 is 1.86 bits per heavy atom. The van der Waals surface area contributed by atoms with Gasteiger partial charge in [-0.05, 0) is 43.5 Å². The first-order valence-corrected chi connectivity index (χ1v) is 4.37. The first-order valence-electron chi connectivity index (χ1n) is 4.37. The number of aromatic hydroxyl groups is 1. The molecule has 0 aliphatic carbocycles. The molecule has 1 N–H and O–H groups in total. The van der Waals surface area contributed by atoms with Crippen molar-refractivity contribution in [2.75, 3.05) is 7.11 Å². The number of phenolic OH excluding ortho intramolecular Hbond substituents is 1. The molecule has 0 saturated carbocycles. The molecule has 0 radical (unpaired) electrons. The van der Waals surface area contributed by atoms with Crippen molar-refractivity contribution in [3.05, 3.63) is 28.3 Å². The van der Waals surface area contributed by atoms with Gasteiger partial charge in [0.25, 0.3) is 0 Å². The Morgan fingerprint density at radius 3 is 2.36 bits per heavy atom. The fourth-order valence-corrected chi connectivity index (χ4v) is 1.48. The van der Waals surface area contributed by atoms with E-state index >= 15 is 0 Å². The number of esters is 1. The maximum absolute atomic E-state index is 11.4. The molecule has 0 amide bonds. The Hall–Kier alpha value is -1.51. The van der Waals surface area contributed by atoms with Crippen molar-refractivity contribution in [3.63, 3.8) is 0 Å². The van der Waals surface area contributed by atoms with Crippen molar-refractivity contribution < 1.29 is 14.6 Å². The Morgan fingerprint density at radius 1 is 1.29 bits per heavy atom. The second kappa shape index (κ2) is 3.70. The maximum atomic E-state index is 11.4. The van der Waals surface area contributed by atoms with Crippen LogP contribution in [0.25, 0.3) is 0 Å². The first kappa shape index (κ1) is 10.6. The Balaban J connectivity index is 3.44. The van der Waals surface area contributed by atoms with Crippen molar-refractivity contribution in [1.82, 2.24) is 0 Å². The topological polar surface area (TPSA) is 46.5 Å². The zero-order chi connectivity index (χ0) is 10.9. The third-order valence-corrected chi connectivity index (χ3v) is 2.46. The van der Waals surface area contributed by atoms with Crippen LogP contribution in [0.3, 0.4) is 0 Å². The maximum Gasteiger partial charge on any atom is 0.338 e. The number of hydrogen-bond donors (Lipinski definition) is 1. The summed E-state index contributed by atoms with van der Waals surface area (Å²) in [5.74, 6) is -0.143. The highest BCUT2D eigenvalue weighted by Gasteiger charge is 2.16. The zero-order valence-electron chi connectivity index (χ0n) is 8.84. The lowest BCUT2D eigenvalue weighted by molar-refractivity contribution is 0.0599. The summed E-state index contributed by atoms with van der Waals surface area (Å²) >= 11 is 0. The summed E-state index contributed by atoms with van der Waals surface area (Å²) in [5.41, 5.74) is 2.77. The molecule has 0 atom stereocenters. The molecule has 0 bridgehead atoms. The van der Waals surface area contributed by atoms with Crippen molar-refractivity contribution in [1.29, 1.82) is 0 Å². The second-order valence-electron chi connectivity index (χ2n) is 3.33. The highest BCUT2D eigenvalue weighted by Crippen LogP contribution is 2.26. The average Bonchev–Trinajstić information content (AvgIpc) is 2.14. The Labute approximate surface area is 83.3 Å². The van der Waals surface area contributed by atoms with E-state index in [0.29, 0.717) is 5.56 Å². The van der Waals surface area contributed by atoms with E-state index in [1.165, 1.54) is 7.11 Å². The molecule has 0 aliphatic heterocycles. The fourth-order valence-electron chi connectivity index (χ4n) is 1.48. The van der Waals surface area contributed by atoms with Crippen LogP contribution in [-0.2, 0) is 4.74 Å². The van der Waals surface area contributed by atoms with Crippen molar-refractivity contribution in [2.45, 2.75) is 20.8 Å². The third kappa shape index (κ3) is 1.58. The Bertz CT molecular complexity index is 381. The van der Waals surface area contributed by atoms with Crippen molar-refractivity contribution >= 4 is 5.97 Å². The normalized spacial score (nSPS) is 10.0. The highest BCUT2D eigenvalue weighted by atomic mass is 16.5. The van der Waals surface area contributed by atoms with Gasteiger partial charge in [-0.2, -0.15) is 0 Å². The molecule has 0 heterocycles. The Kier molecular flexibility index (Phi) is 2.79. The summed E-state index contributed by atoms with van der Waals surface area (Å²) < 4.78 is 4.67. The first-order chi connectivity index (χ1) is 6.49. The summed E-state index contributed by atoms with van der Waals surface area (Å²) in [6.07, 6.45) is 0. The van der Waals surface area contributed by atoms with E-state index in [0.717, 1.165) is 16.7 Å². The molecular weight excluding hydrogens is 180 g/mol. The summed E-state index contributed by atoms with van der Waals surface area (Å²) in [6.45, 7) is 5.35. The van der Waals surface area contributed by atoms with E-state index in [-0.39, 0.29) is 11.7 Å².